The van der Waals surface area contributed by atoms with E-state index in [1.165, 1.54) is 5.56 Å². The van der Waals surface area contributed by atoms with Crippen LogP contribution >= 0.6 is 0 Å². The predicted molar refractivity (Wildman–Crippen MR) is 130 cm³/mol. The molecule has 0 saturated carbocycles. The minimum absolute atomic E-state index is 0.0129. The maximum absolute atomic E-state index is 13.5. The summed E-state index contributed by atoms with van der Waals surface area (Å²) < 4.78 is 27.5. The molecule has 33 heavy (non-hydrogen) atoms. The second kappa shape index (κ2) is 10.5. The lowest BCUT2D eigenvalue weighted by Gasteiger charge is -2.25. The van der Waals surface area contributed by atoms with Crippen LogP contribution in [0.2, 0.25) is 0 Å². The summed E-state index contributed by atoms with van der Waals surface area (Å²) in [5.41, 5.74) is 1.81. The van der Waals surface area contributed by atoms with Crippen LogP contribution in [-0.4, -0.2) is 62.2 Å². The highest BCUT2D eigenvalue weighted by Gasteiger charge is 2.33. The van der Waals surface area contributed by atoms with E-state index in [9.17, 15) is 13.2 Å². The van der Waals surface area contributed by atoms with Gasteiger partial charge in [-0.3, -0.25) is 19.4 Å². The summed E-state index contributed by atoms with van der Waals surface area (Å²) in [7, 11) is -3.63. The van der Waals surface area contributed by atoms with Crippen molar-refractivity contribution in [2.75, 3.05) is 26.2 Å². The van der Waals surface area contributed by atoms with Gasteiger partial charge in [-0.2, -0.15) is 0 Å². The molecule has 0 bridgehead atoms. The van der Waals surface area contributed by atoms with E-state index in [1.807, 2.05) is 11.0 Å². The highest BCUT2D eigenvalue weighted by molar-refractivity contribution is 7.90. The Balaban J connectivity index is 1.49. The summed E-state index contributed by atoms with van der Waals surface area (Å²) in [4.78, 5) is 22.7. The standard InChI is InChI=1S/C25H32N4O3S/c1-2-3-13-22(26-24-21-12-7-8-14-23(21)33(31,32)27-24)25(30)29-16-9-15-28(17-18-29)19-20-10-5-4-6-11-20/h4-8,10-12,14,22H,2-3,9,13,15-19H2,1H3,(H,26,27). The number of fused-ring (bicyclic) bond motifs is 1. The Hall–Kier alpha value is -2.71. The fourth-order valence-corrected chi connectivity index (χ4v) is 5.67. The molecule has 0 aliphatic carbocycles. The van der Waals surface area contributed by atoms with E-state index in [0.29, 0.717) is 25.1 Å². The molecule has 0 spiro atoms. The molecule has 2 aliphatic heterocycles. The molecular weight excluding hydrogens is 436 g/mol. The lowest BCUT2D eigenvalue weighted by Crippen LogP contribution is -2.41. The van der Waals surface area contributed by atoms with E-state index in [0.717, 1.165) is 38.9 Å². The van der Waals surface area contributed by atoms with Gasteiger partial charge in [-0.15, -0.1) is 0 Å². The van der Waals surface area contributed by atoms with Crippen molar-refractivity contribution >= 4 is 21.8 Å². The molecular formula is C25H32N4O3S. The number of nitrogens with zero attached hydrogens (tertiary/aromatic N) is 3. The van der Waals surface area contributed by atoms with Crippen molar-refractivity contribution in [3.63, 3.8) is 0 Å². The number of unbranched alkanes of at least 4 members (excludes halogenated alkanes) is 1. The smallest absolute Gasteiger partial charge is 0.263 e. The summed E-state index contributed by atoms with van der Waals surface area (Å²) in [6, 6.07) is 16.6. The van der Waals surface area contributed by atoms with Gasteiger partial charge in [0, 0.05) is 38.3 Å². The molecule has 1 N–H and O–H groups in total. The van der Waals surface area contributed by atoms with Crippen molar-refractivity contribution in [3.8, 4) is 0 Å². The highest BCUT2D eigenvalue weighted by Crippen LogP contribution is 2.24. The van der Waals surface area contributed by atoms with Crippen molar-refractivity contribution in [3.05, 3.63) is 65.7 Å². The monoisotopic (exact) mass is 468 g/mol. The Bertz CT molecular complexity index is 1100. The molecule has 0 radical (unpaired) electrons. The number of hydrogen-bond acceptors (Lipinski definition) is 5. The Labute approximate surface area is 196 Å². The third-order valence-corrected chi connectivity index (χ3v) is 7.61. The molecule has 1 fully saturated rings. The van der Waals surface area contributed by atoms with E-state index >= 15 is 0 Å². The van der Waals surface area contributed by atoms with Crippen LogP contribution < -0.4 is 4.72 Å². The highest BCUT2D eigenvalue weighted by atomic mass is 32.2. The molecule has 1 amide bonds. The van der Waals surface area contributed by atoms with Gasteiger partial charge in [0.2, 0.25) is 5.91 Å². The molecule has 1 unspecified atom stereocenters. The summed E-state index contributed by atoms with van der Waals surface area (Å²) in [5.74, 6) is 0.265. The van der Waals surface area contributed by atoms with Crippen LogP contribution in [0.25, 0.3) is 0 Å². The fourth-order valence-electron chi connectivity index (χ4n) is 4.43. The van der Waals surface area contributed by atoms with Crippen LogP contribution in [0.3, 0.4) is 0 Å². The molecule has 2 heterocycles. The van der Waals surface area contributed by atoms with Gasteiger partial charge < -0.3 is 4.90 Å². The van der Waals surface area contributed by atoms with Crippen molar-refractivity contribution in [2.45, 2.75) is 50.1 Å². The first-order valence-electron chi connectivity index (χ1n) is 11.7. The van der Waals surface area contributed by atoms with E-state index in [2.05, 4.69) is 45.8 Å². The largest absolute Gasteiger partial charge is 0.340 e. The fraction of sp³-hybridized carbons (Fsp3) is 0.440. The van der Waals surface area contributed by atoms with Crippen LogP contribution in [0, 0.1) is 0 Å². The van der Waals surface area contributed by atoms with Crippen molar-refractivity contribution in [2.24, 2.45) is 4.99 Å². The minimum atomic E-state index is -3.63. The minimum Gasteiger partial charge on any atom is -0.340 e. The molecule has 2 aliphatic rings. The number of benzene rings is 2. The van der Waals surface area contributed by atoms with E-state index in [1.54, 1.807) is 24.3 Å². The third-order valence-electron chi connectivity index (χ3n) is 6.21. The van der Waals surface area contributed by atoms with Crippen LogP contribution in [0.4, 0.5) is 0 Å². The van der Waals surface area contributed by atoms with Gasteiger partial charge in [0.15, 0.2) is 0 Å². The predicted octanol–water partition coefficient (Wildman–Crippen LogP) is 3.02. The second-order valence-electron chi connectivity index (χ2n) is 8.68. The number of amides is 1. The summed E-state index contributed by atoms with van der Waals surface area (Å²) >= 11 is 0. The number of aliphatic imine (C=N–C) groups is 1. The van der Waals surface area contributed by atoms with E-state index in [-0.39, 0.29) is 16.6 Å². The van der Waals surface area contributed by atoms with Gasteiger partial charge >= 0.3 is 0 Å². The number of nitrogens with one attached hydrogen (secondary N) is 1. The second-order valence-corrected chi connectivity index (χ2v) is 10.3. The van der Waals surface area contributed by atoms with Gasteiger partial charge in [-0.25, -0.2) is 8.42 Å². The van der Waals surface area contributed by atoms with Crippen LogP contribution in [-0.2, 0) is 21.4 Å². The zero-order valence-electron chi connectivity index (χ0n) is 19.1. The lowest BCUT2D eigenvalue weighted by molar-refractivity contribution is -0.132. The zero-order valence-corrected chi connectivity index (χ0v) is 19.9. The maximum atomic E-state index is 13.5. The molecule has 8 heteroatoms. The molecule has 176 valence electrons. The van der Waals surface area contributed by atoms with Crippen molar-refractivity contribution in [1.82, 2.24) is 14.5 Å². The van der Waals surface area contributed by atoms with E-state index < -0.39 is 16.1 Å². The van der Waals surface area contributed by atoms with Crippen molar-refractivity contribution < 1.29 is 13.2 Å². The topological polar surface area (TPSA) is 82.1 Å². The molecule has 2 aromatic carbocycles. The SMILES string of the molecule is CCCCC(N=C1NS(=O)(=O)c2ccccc21)C(=O)N1CCCN(Cc2ccccc2)CC1. The number of carbonyl (C=O) groups is 1. The van der Waals surface area contributed by atoms with Gasteiger partial charge in [0.05, 0.1) is 4.90 Å². The Kier molecular flexibility index (Phi) is 7.45. The molecule has 0 aromatic heterocycles. The summed E-state index contributed by atoms with van der Waals surface area (Å²) in [6.07, 6.45) is 3.31. The Morgan fingerprint density at radius 1 is 1.03 bits per heavy atom. The number of sulfonamides is 1. The number of hydrogen-bond donors (Lipinski definition) is 1. The number of amidine groups is 1. The summed E-state index contributed by atoms with van der Waals surface area (Å²) in [6.45, 7) is 6.06. The first-order chi connectivity index (χ1) is 16.0. The zero-order chi connectivity index (χ0) is 23.3. The Morgan fingerprint density at radius 3 is 2.58 bits per heavy atom. The van der Waals surface area contributed by atoms with Gasteiger partial charge in [0.1, 0.15) is 11.9 Å². The first kappa shape index (κ1) is 23.4. The Morgan fingerprint density at radius 2 is 1.79 bits per heavy atom. The lowest BCUT2D eigenvalue weighted by atomic mass is 10.1. The van der Waals surface area contributed by atoms with Crippen LogP contribution in [0.1, 0.15) is 43.7 Å². The maximum Gasteiger partial charge on any atom is 0.263 e. The molecule has 2 aromatic rings. The van der Waals surface area contributed by atoms with E-state index in [4.69, 9.17) is 0 Å². The van der Waals surface area contributed by atoms with Crippen LogP contribution in [0.15, 0.2) is 64.5 Å². The quantitative estimate of drug-likeness (QED) is 0.677. The molecule has 1 saturated heterocycles. The first-order valence-corrected chi connectivity index (χ1v) is 13.2. The van der Waals surface area contributed by atoms with Gasteiger partial charge in [0.25, 0.3) is 10.0 Å². The van der Waals surface area contributed by atoms with Crippen molar-refractivity contribution in [1.29, 1.82) is 0 Å². The summed E-state index contributed by atoms with van der Waals surface area (Å²) in [5, 5.41) is 0. The molecule has 7 nitrogen and oxygen atoms in total. The van der Waals surface area contributed by atoms with Gasteiger partial charge in [-0.1, -0.05) is 62.2 Å². The number of carbonyl (C=O) groups excluding carboxylic acids is 1. The third kappa shape index (κ3) is 5.62. The van der Waals surface area contributed by atoms with Gasteiger partial charge in [-0.05, 0) is 30.5 Å². The molecule has 1 atom stereocenters. The average Bonchev–Trinajstić information content (AvgIpc) is 2.95. The number of rotatable bonds is 7. The molecule has 4 rings (SSSR count). The average molecular weight is 469 g/mol. The van der Waals surface area contributed by atoms with Crippen LogP contribution in [0.5, 0.6) is 0 Å². The normalized spacial score (nSPS) is 20.2.